The van der Waals surface area contributed by atoms with Crippen molar-refractivity contribution in [3.8, 4) is 5.75 Å². The van der Waals surface area contributed by atoms with Crippen molar-refractivity contribution in [2.75, 3.05) is 27.2 Å². The van der Waals surface area contributed by atoms with Gasteiger partial charge in [0.05, 0.1) is 6.42 Å². The van der Waals surface area contributed by atoms with E-state index in [0.29, 0.717) is 12.2 Å². The molecule has 20 heavy (non-hydrogen) atoms. The number of hydrogen-bond acceptors (Lipinski definition) is 4. The van der Waals surface area contributed by atoms with Crippen LogP contribution in [0.2, 0.25) is 0 Å². The minimum absolute atomic E-state index is 0.153. The number of rotatable bonds is 5. The van der Waals surface area contributed by atoms with Crippen LogP contribution in [0.5, 0.6) is 5.75 Å². The van der Waals surface area contributed by atoms with E-state index in [9.17, 15) is 9.59 Å². The Bertz CT molecular complexity index is 533. The average molecular weight is 274 g/mol. The van der Waals surface area contributed by atoms with Gasteiger partial charge in [0.1, 0.15) is 12.4 Å². The second kappa shape index (κ2) is 6.34. The Morgan fingerprint density at radius 1 is 1.25 bits per heavy atom. The molecule has 0 spiro atoms. The van der Waals surface area contributed by atoms with Gasteiger partial charge in [-0.25, -0.2) is 0 Å². The number of carbonyl (C=O) groups excluding carboxylic acids is 2. The summed E-state index contributed by atoms with van der Waals surface area (Å²) in [5.41, 5.74) is 1.38. The molecule has 1 aliphatic heterocycles. The molecule has 0 bridgehead atoms. The van der Waals surface area contributed by atoms with Gasteiger partial charge in [-0.05, 0) is 37.9 Å². The summed E-state index contributed by atoms with van der Waals surface area (Å²) in [5, 5.41) is 2.26. The highest BCUT2D eigenvalue weighted by molar-refractivity contribution is 6.15. The van der Waals surface area contributed by atoms with Gasteiger partial charge in [-0.15, -0.1) is 0 Å². The van der Waals surface area contributed by atoms with Crippen molar-refractivity contribution in [1.82, 2.24) is 10.2 Å². The zero-order valence-corrected chi connectivity index (χ0v) is 11.7. The van der Waals surface area contributed by atoms with Crippen LogP contribution in [0.25, 0.3) is 6.08 Å². The van der Waals surface area contributed by atoms with Gasteiger partial charge in [0.2, 0.25) is 5.91 Å². The molecule has 1 heterocycles. The summed E-state index contributed by atoms with van der Waals surface area (Å²) in [6, 6.07) is 7.45. The number of nitrogens with one attached hydrogen (secondary N) is 1. The fourth-order valence-electron chi connectivity index (χ4n) is 1.83. The zero-order valence-electron chi connectivity index (χ0n) is 11.7. The van der Waals surface area contributed by atoms with Crippen LogP contribution < -0.4 is 10.1 Å². The molecule has 5 nitrogen and oxygen atoms in total. The van der Waals surface area contributed by atoms with E-state index >= 15 is 0 Å². The minimum Gasteiger partial charge on any atom is -0.492 e. The van der Waals surface area contributed by atoms with Crippen molar-refractivity contribution in [1.29, 1.82) is 0 Å². The van der Waals surface area contributed by atoms with E-state index in [1.807, 2.05) is 38.4 Å². The maximum atomic E-state index is 11.4. The van der Waals surface area contributed by atoms with Crippen LogP contribution in [-0.4, -0.2) is 44.0 Å². The predicted octanol–water partition coefficient (Wildman–Crippen LogP) is 1.06. The van der Waals surface area contributed by atoms with E-state index in [-0.39, 0.29) is 18.2 Å². The number of ether oxygens (including phenoxy) is 1. The molecule has 1 aromatic carbocycles. The molecule has 0 aromatic heterocycles. The van der Waals surface area contributed by atoms with Crippen molar-refractivity contribution >= 4 is 17.9 Å². The second-order valence-corrected chi connectivity index (χ2v) is 4.94. The van der Waals surface area contributed by atoms with E-state index < -0.39 is 0 Å². The van der Waals surface area contributed by atoms with E-state index in [1.165, 1.54) is 0 Å². The highest BCUT2D eigenvalue weighted by atomic mass is 16.5. The number of imide groups is 1. The Morgan fingerprint density at radius 3 is 2.50 bits per heavy atom. The molecule has 1 saturated heterocycles. The molecule has 0 atom stereocenters. The Morgan fingerprint density at radius 2 is 1.95 bits per heavy atom. The van der Waals surface area contributed by atoms with E-state index in [1.54, 1.807) is 6.08 Å². The minimum atomic E-state index is -0.304. The first-order valence-electron chi connectivity index (χ1n) is 6.47. The number of hydrogen-bond donors (Lipinski definition) is 1. The largest absolute Gasteiger partial charge is 0.492 e. The fourth-order valence-corrected chi connectivity index (χ4v) is 1.83. The summed E-state index contributed by atoms with van der Waals surface area (Å²) in [4.78, 5) is 24.6. The molecule has 1 aromatic rings. The number of likely N-dealkylation sites (N-methyl/N-ethyl adjacent to an activating group) is 1. The van der Waals surface area contributed by atoms with Crippen LogP contribution in [0.4, 0.5) is 0 Å². The highest BCUT2D eigenvalue weighted by Crippen LogP contribution is 2.17. The first kappa shape index (κ1) is 14.3. The van der Waals surface area contributed by atoms with Gasteiger partial charge in [-0.3, -0.25) is 14.9 Å². The van der Waals surface area contributed by atoms with Crippen molar-refractivity contribution in [2.45, 2.75) is 6.42 Å². The van der Waals surface area contributed by atoms with Gasteiger partial charge in [0, 0.05) is 12.1 Å². The van der Waals surface area contributed by atoms with Crippen molar-refractivity contribution in [3.05, 3.63) is 35.4 Å². The van der Waals surface area contributed by atoms with Crippen molar-refractivity contribution in [3.63, 3.8) is 0 Å². The fraction of sp³-hybridized carbons (Fsp3) is 0.333. The summed E-state index contributed by atoms with van der Waals surface area (Å²) in [6.07, 6.45) is 1.88. The number of carbonyl (C=O) groups is 2. The molecule has 0 aliphatic carbocycles. The van der Waals surface area contributed by atoms with Crippen LogP contribution in [0, 0.1) is 0 Å². The molecule has 5 heteroatoms. The first-order chi connectivity index (χ1) is 9.54. The van der Waals surface area contributed by atoms with Crippen LogP contribution in [0.3, 0.4) is 0 Å². The standard InChI is InChI=1S/C15H18N2O3/c1-17(2)7-8-20-13-5-3-11(4-6-13)9-12-10-14(18)16-15(12)19/h3-6,9H,7-8,10H2,1-2H3,(H,16,18,19)/b12-9+. The van der Waals surface area contributed by atoms with Crippen LogP contribution in [0.1, 0.15) is 12.0 Å². The first-order valence-corrected chi connectivity index (χ1v) is 6.47. The molecular weight excluding hydrogens is 256 g/mol. The lowest BCUT2D eigenvalue weighted by atomic mass is 10.1. The number of nitrogens with zero attached hydrogens (tertiary/aromatic N) is 1. The normalized spacial score (nSPS) is 16.9. The van der Waals surface area contributed by atoms with E-state index in [0.717, 1.165) is 17.9 Å². The summed E-state index contributed by atoms with van der Waals surface area (Å²) in [7, 11) is 3.99. The smallest absolute Gasteiger partial charge is 0.254 e. The molecule has 1 N–H and O–H groups in total. The Hall–Kier alpha value is -2.14. The van der Waals surface area contributed by atoms with Crippen LogP contribution >= 0.6 is 0 Å². The lowest BCUT2D eigenvalue weighted by molar-refractivity contribution is -0.124. The quantitative estimate of drug-likeness (QED) is 0.644. The Balaban J connectivity index is 1.96. The van der Waals surface area contributed by atoms with Gasteiger partial charge in [0.25, 0.3) is 5.91 Å². The topological polar surface area (TPSA) is 58.6 Å². The van der Waals surface area contributed by atoms with Gasteiger partial charge in [-0.1, -0.05) is 12.1 Å². The van der Waals surface area contributed by atoms with E-state index in [4.69, 9.17) is 4.74 Å². The lowest BCUT2D eigenvalue weighted by Gasteiger charge is -2.10. The number of amides is 2. The molecule has 2 rings (SSSR count). The third-order valence-corrected chi connectivity index (χ3v) is 2.92. The van der Waals surface area contributed by atoms with Gasteiger partial charge in [-0.2, -0.15) is 0 Å². The average Bonchev–Trinajstić information content (AvgIpc) is 2.69. The summed E-state index contributed by atoms with van der Waals surface area (Å²) in [5.74, 6) is 0.243. The molecule has 0 unspecified atom stereocenters. The lowest BCUT2D eigenvalue weighted by Crippen LogP contribution is -2.19. The summed E-state index contributed by atoms with van der Waals surface area (Å²) in [6.45, 7) is 1.48. The maximum absolute atomic E-state index is 11.4. The molecule has 0 saturated carbocycles. The molecular formula is C15H18N2O3. The maximum Gasteiger partial charge on any atom is 0.254 e. The molecule has 106 valence electrons. The predicted molar refractivity (Wildman–Crippen MR) is 76.2 cm³/mol. The third kappa shape index (κ3) is 3.93. The van der Waals surface area contributed by atoms with Crippen molar-refractivity contribution in [2.24, 2.45) is 0 Å². The van der Waals surface area contributed by atoms with Gasteiger partial charge >= 0.3 is 0 Å². The van der Waals surface area contributed by atoms with Crippen molar-refractivity contribution < 1.29 is 14.3 Å². The second-order valence-electron chi connectivity index (χ2n) is 4.94. The molecule has 1 aliphatic rings. The Labute approximate surface area is 118 Å². The molecule has 1 fully saturated rings. The Kier molecular flexibility index (Phi) is 4.53. The molecule has 2 amide bonds. The van der Waals surface area contributed by atoms with E-state index in [2.05, 4.69) is 10.2 Å². The van der Waals surface area contributed by atoms with Crippen LogP contribution in [-0.2, 0) is 9.59 Å². The molecule has 0 radical (unpaired) electrons. The summed E-state index contributed by atoms with van der Waals surface area (Å²) >= 11 is 0. The summed E-state index contributed by atoms with van der Waals surface area (Å²) < 4.78 is 5.58. The highest BCUT2D eigenvalue weighted by Gasteiger charge is 2.23. The number of benzene rings is 1. The SMILES string of the molecule is CN(C)CCOc1ccc(/C=C2\CC(=O)NC2=O)cc1. The van der Waals surface area contributed by atoms with Gasteiger partial charge < -0.3 is 9.64 Å². The zero-order chi connectivity index (χ0) is 14.5. The van der Waals surface area contributed by atoms with Crippen LogP contribution in [0.15, 0.2) is 29.8 Å². The third-order valence-electron chi connectivity index (χ3n) is 2.92. The van der Waals surface area contributed by atoms with Gasteiger partial charge in [0.15, 0.2) is 0 Å². The monoisotopic (exact) mass is 274 g/mol.